The van der Waals surface area contributed by atoms with Gasteiger partial charge in [0.25, 0.3) is 0 Å². The van der Waals surface area contributed by atoms with E-state index in [2.05, 4.69) is 4.98 Å². The van der Waals surface area contributed by atoms with Crippen LogP contribution < -0.4 is 5.14 Å². The number of thiazole rings is 1. The fourth-order valence-corrected chi connectivity index (χ4v) is 3.40. The largest absolute Gasteiger partial charge is 0.250 e. The number of rotatable bonds is 5. The van der Waals surface area contributed by atoms with Gasteiger partial charge in [0.15, 0.2) is 0 Å². The number of aryl methyl sites for hydroxylation is 1. The van der Waals surface area contributed by atoms with Crippen LogP contribution in [0.5, 0.6) is 0 Å². The Labute approximate surface area is 111 Å². The maximum Gasteiger partial charge on any atom is 0.216 e. The van der Waals surface area contributed by atoms with Gasteiger partial charge in [-0.3, -0.25) is 0 Å². The Kier molecular flexibility index (Phi) is 4.11. The molecule has 18 heavy (non-hydrogen) atoms. The minimum atomic E-state index is -3.60. The number of nitrogens with two attached hydrogens (primary N) is 1. The molecule has 0 radical (unpaired) electrons. The third-order valence-electron chi connectivity index (χ3n) is 2.71. The van der Waals surface area contributed by atoms with E-state index in [0.29, 0.717) is 12.8 Å². The molecule has 1 unspecified atom stereocenters. The number of hydrogen-bond donors (Lipinski definition) is 1. The molecule has 0 saturated carbocycles. The number of sulfonamides is 1. The second-order valence-electron chi connectivity index (χ2n) is 4.01. The molecular formula is C12H14N2O2S2. The maximum absolute atomic E-state index is 11.7. The van der Waals surface area contributed by atoms with E-state index in [4.69, 9.17) is 5.14 Å². The Balaban J connectivity index is 2.17. The summed E-state index contributed by atoms with van der Waals surface area (Å²) in [4.78, 5) is 4.15. The highest BCUT2D eigenvalue weighted by atomic mass is 32.2. The molecule has 6 heteroatoms. The molecule has 2 rings (SSSR count). The van der Waals surface area contributed by atoms with E-state index in [1.54, 1.807) is 17.6 Å². The molecular weight excluding hydrogens is 268 g/mol. The van der Waals surface area contributed by atoms with Gasteiger partial charge in [0.2, 0.25) is 10.0 Å². The second-order valence-corrected chi connectivity index (χ2v) is 6.47. The van der Waals surface area contributed by atoms with Gasteiger partial charge in [-0.1, -0.05) is 30.3 Å². The minimum Gasteiger partial charge on any atom is -0.250 e. The van der Waals surface area contributed by atoms with Crippen molar-refractivity contribution in [3.63, 3.8) is 0 Å². The molecule has 1 aromatic carbocycles. The van der Waals surface area contributed by atoms with Crippen molar-refractivity contribution in [3.8, 4) is 0 Å². The van der Waals surface area contributed by atoms with Crippen molar-refractivity contribution in [1.82, 2.24) is 4.98 Å². The van der Waals surface area contributed by atoms with Crippen LogP contribution in [-0.2, 0) is 16.4 Å². The summed E-state index contributed by atoms with van der Waals surface area (Å²) in [6, 6.07) is 9.06. The van der Waals surface area contributed by atoms with E-state index >= 15 is 0 Å². The van der Waals surface area contributed by atoms with E-state index in [-0.39, 0.29) is 0 Å². The fourth-order valence-electron chi connectivity index (χ4n) is 1.83. The molecule has 96 valence electrons. The lowest BCUT2D eigenvalue weighted by atomic mass is 10.1. The molecule has 1 heterocycles. The van der Waals surface area contributed by atoms with Crippen molar-refractivity contribution in [2.75, 3.05) is 0 Å². The second kappa shape index (κ2) is 5.60. The number of primary sulfonamides is 1. The third kappa shape index (κ3) is 3.38. The zero-order valence-corrected chi connectivity index (χ0v) is 11.3. The first-order valence-electron chi connectivity index (χ1n) is 5.51. The molecule has 0 aliphatic rings. The molecule has 2 N–H and O–H groups in total. The quantitative estimate of drug-likeness (QED) is 0.912. The van der Waals surface area contributed by atoms with E-state index in [0.717, 1.165) is 11.3 Å². The number of aromatic nitrogens is 1. The fraction of sp³-hybridized carbons (Fsp3) is 0.250. The van der Waals surface area contributed by atoms with E-state index < -0.39 is 15.3 Å². The average Bonchev–Trinajstić information content (AvgIpc) is 2.82. The highest BCUT2D eigenvalue weighted by Gasteiger charge is 2.23. The van der Waals surface area contributed by atoms with E-state index in [1.807, 2.05) is 23.6 Å². The summed E-state index contributed by atoms with van der Waals surface area (Å²) in [7, 11) is -3.60. The Hall–Kier alpha value is -1.24. The van der Waals surface area contributed by atoms with Crippen LogP contribution in [0, 0.1) is 0 Å². The number of nitrogens with zero attached hydrogens (tertiary/aromatic N) is 1. The Morgan fingerprint density at radius 3 is 2.56 bits per heavy atom. The Morgan fingerprint density at radius 1 is 1.28 bits per heavy atom. The number of benzene rings is 1. The molecule has 4 nitrogen and oxygen atoms in total. The van der Waals surface area contributed by atoms with Crippen LogP contribution in [0.2, 0.25) is 0 Å². The minimum absolute atomic E-state index is 0.451. The molecule has 0 spiro atoms. The standard InChI is InChI=1S/C12H14N2O2S2/c13-18(15,16)12(10-4-2-1-3-5-10)7-6-11-8-17-9-14-11/h1-5,8-9,12H,6-7H2,(H2,13,15,16). The van der Waals surface area contributed by atoms with Crippen LogP contribution in [0.3, 0.4) is 0 Å². The van der Waals surface area contributed by atoms with Crippen molar-refractivity contribution < 1.29 is 8.42 Å². The maximum atomic E-state index is 11.7. The molecule has 1 atom stereocenters. The molecule has 0 aliphatic heterocycles. The lowest BCUT2D eigenvalue weighted by Gasteiger charge is -2.14. The van der Waals surface area contributed by atoms with Crippen molar-refractivity contribution in [1.29, 1.82) is 0 Å². The summed E-state index contributed by atoms with van der Waals surface area (Å²) in [5.74, 6) is 0. The molecule has 0 aliphatic carbocycles. The normalized spacial score (nSPS) is 13.4. The SMILES string of the molecule is NS(=O)(=O)C(CCc1cscn1)c1ccccc1. The predicted octanol–water partition coefficient (Wildman–Crippen LogP) is 2.11. The molecule has 0 fully saturated rings. The van der Waals surface area contributed by atoms with Gasteiger partial charge in [0.1, 0.15) is 5.25 Å². The van der Waals surface area contributed by atoms with E-state index in [9.17, 15) is 8.42 Å². The van der Waals surface area contributed by atoms with Gasteiger partial charge in [-0.15, -0.1) is 11.3 Å². The van der Waals surface area contributed by atoms with Crippen LogP contribution in [0.25, 0.3) is 0 Å². The zero-order chi connectivity index (χ0) is 13.0. The van der Waals surface area contributed by atoms with Gasteiger partial charge in [0, 0.05) is 5.38 Å². The average molecular weight is 282 g/mol. The predicted molar refractivity (Wildman–Crippen MR) is 72.7 cm³/mol. The van der Waals surface area contributed by atoms with E-state index in [1.165, 1.54) is 11.3 Å². The van der Waals surface area contributed by atoms with Gasteiger partial charge in [-0.25, -0.2) is 18.5 Å². The first kappa shape index (κ1) is 13.2. The molecule has 0 amide bonds. The van der Waals surface area contributed by atoms with Crippen LogP contribution in [0.4, 0.5) is 0 Å². The van der Waals surface area contributed by atoms with Gasteiger partial charge >= 0.3 is 0 Å². The van der Waals surface area contributed by atoms with Crippen LogP contribution in [0.15, 0.2) is 41.2 Å². The van der Waals surface area contributed by atoms with Crippen LogP contribution in [-0.4, -0.2) is 13.4 Å². The summed E-state index contributed by atoms with van der Waals surface area (Å²) in [6.45, 7) is 0. The van der Waals surface area contributed by atoms with Gasteiger partial charge < -0.3 is 0 Å². The van der Waals surface area contributed by atoms with Crippen LogP contribution >= 0.6 is 11.3 Å². The highest BCUT2D eigenvalue weighted by Crippen LogP contribution is 2.25. The number of hydrogen-bond acceptors (Lipinski definition) is 4. The third-order valence-corrected chi connectivity index (χ3v) is 4.65. The molecule has 1 aromatic heterocycles. The lowest BCUT2D eigenvalue weighted by Crippen LogP contribution is -2.22. The van der Waals surface area contributed by atoms with Gasteiger partial charge in [0.05, 0.1) is 11.2 Å². The van der Waals surface area contributed by atoms with Crippen molar-refractivity contribution in [3.05, 3.63) is 52.5 Å². The molecule has 0 bridgehead atoms. The molecule has 2 aromatic rings. The van der Waals surface area contributed by atoms with Gasteiger partial charge in [-0.05, 0) is 18.4 Å². The first-order chi connectivity index (χ1) is 8.57. The summed E-state index contributed by atoms with van der Waals surface area (Å²) in [5, 5.41) is 6.56. The monoisotopic (exact) mass is 282 g/mol. The summed E-state index contributed by atoms with van der Waals surface area (Å²) in [5.41, 5.74) is 3.38. The van der Waals surface area contributed by atoms with Crippen LogP contribution in [0.1, 0.15) is 22.9 Å². The van der Waals surface area contributed by atoms with Crippen molar-refractivity contribution in [2.24, 2.45) is 5.14 Å². The summed E-state index contributed by atoms with van der Waals surface area (Å²) in [6.07, 6.45) is 1.06. The van der Waals surface area contributed by atoms with Crippen molar-refractivity contribution in [2.45, 2.75) is 18.1 Å². The lowest BCUT2D eigenvalue weighted by molar-refractivity contribution is 0.576. The topological polar surface area (TPSA) is 73.1 Å². The smallest absolute Gasteiger partial charge is 0.216 e. The van der Waals surface area contributed by atoms with Gasteiger partial charge in [-0.2, -0.15) is 0 Å². The summed E-state index contributed by atoms with van der Waals surface area (Å²) >= 11 is 1.50. The Bertz CT molecular complexity index is 580. The zero-order valence-electron chi connectivity index (χ0n) is 9.69. The first-order valence-corrected chi connectivity index (χ1v) is 8.06. The summed E-state index contributed by atoms with van der Waals surface area (Å²) < 4.78 is 23.3. The Morgan fingerprint density at radius 2 is 2.00 bits per heavy atom. The highest BCUT2D eigenvalue weighted by molar-refractivity contribution is 7.89. The molecule has 0 saturated heterocycles. The van der Waals surface area contributed by atoms with Crippen molar-refractivity contribution >= 4 is 21.4 Å².